The third-order valence-corrected chi connectivity index (χ3v) is 6.26. The Balaban J connectivity index is 1.71. The zero-order valence-corrected chi connectivity index (χ0v) is 19.6. The van der Waals surface area contributed by atoms with Gasteiger partial charge >= 0.3 is 0 Å². The highest BCUT2D eigenvalue weighted by molar-refractivity contribution is 7.18. The summed E-state index contributed by atoms with van der Waals surface area (Å²) < 4.78 is 6.21. The van der Waals surface area contributed by atoms with Gasteiger partial charge in [-0.25, -0.2) is 10.4 Å². The first-order valence-corrected chi connectivity index (χ1v) is 11.4. The van der Waals surface area contributed by atoms with Crippen molar-refractivity contribution in [2.45, 2.75) is 20.8 Å². The number of carbonyl (C=O) groups excluding carboxylic acids is 1. The lowest BCUT2D eigenvalue weighted by Crippen LogP contribution is -2.20. The van der Waals surface area contributed by atoms with Gasteiger partial charge in [0.25, 0.3) is 5.91 Å². The molecule has 162 valence electrons. The molecule has 4 rings (SSSR count). The number of aromatic nitrogens is 1. The average molecular weight is 464 g/mol. The second-order valence-electron chi connectivity index (χ2n) is 7.27. The van der Waals surface area contributed by atoms with Gasteiger partial charge in [-0.2, -0.15) is 5.10 Å². The molecular formula is C25H22ClN3O2S. The monoisotopic (exact) mass is 463 g/mol. The van der Waals surface area contributed by atoms with Crippen molar-refractivity contribution >= 4 is 45.5 Å². The van der Waals surface area contributed by atoms with Crippen LogP contribution in [0, 0.1) is 6.92 Å². The van der Waals surface area contributed by atoms with Crippen LogP contribution in [0.4, 0.5) is 0 Å². The highest BCUT2D eigenvalue weighted by Gasteiger charge is 2.15. The maximum atomic E-state index is 13.1. The number of carbonyl (C=O) groups is 1. The quantitative estimate of drug-likeness (QED) is 0.263. The molecule has 0 fully saturated rings. The van der Waals surface area contributed by atoms with Crippen molar-refractivity contribution in [1.29, 1.82) is 0 Å². The molecule has 0 radical (unpaired) electrons. The van der Waals surface area contributed by atoms with Gasteiger partial charge in [0.05, 0.1) is 38.3 Å². The van der Waals surface area contributed by atoms with Crippen molar-refractivity contribution in [3.05, 3.63) is 81.0 Å². The molecule has 0 aliphatic heterocycles. The number of hydrogen-bond acceptors (Lipinski definition) is 5. The summed E-state index contributed by atoms with van der Waals surface area (Å²) in [7, 11) is 0. The number of benzene rings is 2. The number of nitrogens with zero attached hydrogens (tertiary/aromatic N) is 2. The van der Waals surface area contributed by atoms with Crippen LogP contribution >= 0.6 is 22.9 Å². The molecule has 4 aromatic rings. The number of pyridine rings is 1. The minimum absolute atomic E-state index is 0.294. The number of hydrogen-bond donors (Lipinski definition) is 1. The van der Waals surface area contributed by atoms with E-state index in [0.717, 1.165) is 32.7 Å². The fourth-order valence-electron chi connectivity index (χ4n) is 3.32. The van der Waals surface area contributed by atoms with Crippen LogP contribution in [0.15, 0.2) is 65.8 Å². The van der Waals surface area contributed by atoms with Crippen LogP contribution in [-0.4, -0.2) is 23.2 Å². The highest BCUT2D eigenvalue weighted by Crippen LogP contribution is 2.27. The van der Waals surface area contributed by atoms with E-state index < -0.39 is 0 Å². The van der Waals surface area contributed by atoms with E-state index in [0.29, 0.717) is 27.9 Å². The second-order valence-corrected chi connectivity index (χ2v) is 8.99. The molecular weight excluding hydrogens is 442 g/mol. The first kappa shape index (κ1) is 22.0. The predicted octanol–water partition coefficient (Wildman–Crippen LogP) is 6.48. The van der Waals surface area contributed by atoms with Gasteiger partial charge < -0.3 is 4.74 Å². The topological polar surface area (TPSA) is 63.6 Å². The number of halogens is 1. The zero-order chi connectivity index (χ0) is 22.7. The zero-order valence-electron chi connectivity index (χ0n) is 18.0. The SMILES string of the molecule is CCOc1ccc(-c2cc(C(=O)N/N=C(/C)c3ccc(Cl)s3)c3cc(C)ccc3n2)cc1. The summed E-state index contributed by atoms with van der Waals surface area (Å²) >= 11 is 7.42. The minimum atomic E-state index is -0.294. The standard InChI is InChI=1S/C25H22ClN3O2S/c1-4-31-18-8-6-17(7-9-18)22-14-20(19-13-15(2)5-10-21(19)27-22)25(30)29-28-16(3)23-11-12-24(26)32-23/h5-14H,4H2,1-3H3,(H,29,30)/b28-16-. The normalized spacial score (nSPS) is 11.6. The second kappa shape index (κ2) is 9.51. The molecule has 0 unspecified atom stereocenters. The van der Waals surface area contributed by atoms with Crippen LogP contribution in [0.3, 0.4) is 0 Å². The number of hydrazone groups is 1. The largest absolute Gasteiger partial charge is 0.494 e. The molecule has 0 aliphatic carbocycles. The van der Waals surface area contributed by atoms with Crippen LogP contribution < -0.4 is 10.2 Å². The van der Waals surface area contributed by atoms with Crippen LogP contribution in [0.1, 0.15) is 34.6 Å². The summed E-state index contributed by atoms with van der Waals surface area (Å²) in [5, 5.41) is 5.06. The lowest BCUT2D eigenvalue weighted by atomic mass is 10.0. The number of amides is 1. The molecule has 0 atom stereocenters. The van der Waals surface area contributed by atoms with Crippen molar-refractivity contribution in [3.63, 3.8) is 0 Å². The Morgan fingerprint density at radius 1 is 1.12 bits per heavy atom. The van der Waals surface area contributed by atoms with E-state index in [1.807, 2.05) is 75.4 Å². The number of ether oxygens (including phenoxy) is 1. The van der Waals surface area contributed by atoms with Gasteiger partial charge in [-0.15, -0.1) is 11.3 Å². The van der Waals surface area contributed by atoms with Crippen molar-refractivity contribution < 1.29 is 9.53 Å². The first-order chi connectivity index (χ1) is 15.4. The van der Waals surface area contributed by atoms with Crippen LogP contribution in [0.5, 0.6) is 5.75 Å². The van der Waals surface area contributed by atoms with Gasteiger partial charge in [0.15, 0.2) is 0 Å². The number of nitrogens with one attached hydrogen (secondary N) is 1. The fraction of sp³-hybridized carbons (Fsp3) is 0.160. The van der Waals surface area contributed by atoms with Gasteiger partial charge in [-0.3, -0.25) is 4.79 Å². The number of fused-ring (bicyclic) bond motifs is 1. The molecule has 0 bridgehead atoms. The van der Waals surface area contributed by atoms with Gasteiger partial charge in [0.2, 0.25) is 0 Å². The van der Waals surface area contributed by atoms with E-state index in [9.17, 15) is 4.79 Å². The maximum absolute atomic E-state index is 13.1. The van der Waals surface area contributed by atoms with Crippen LogP contribution in [-0.2, 0) is 0 Å². The van der Waals surface area contributed by atoms with E-state index in [1.54, 1.807) is 6.07 Å². The van der Waals surface area contributed by atoms with Gasteiger partial charge in [0.1, 0.15) is 5.75 Å². The summed E-state index contributed by atoms with van der Waals surface area (Å²) in [6, 6.07) is 19.1. The van der Waals surface area contributed by atoms with Gasteiger partial charge in [-0.1, -0.05) is 23.2 Å². The third-order valence-electron chi connectivity index (χ3n) is 4.92. The Morgan fingerprint density at radius 3 is 2.59 bits per heavy atom. The van der Waals surface area contributed by atoms with Crippen molar-refractivity contribution in [3.8, 4) is 17.0 Å². The van der Waals surface area contributed by atoms with E-state index in [-0.39, 0.29) is 5.91 Å². The number of aryl methyl sites for hydroxylation is 1. The van der Waals surface area contributed by atoms with Crippen LogP contribution in [0.2, 0.25) is 4.34 Å². The lowest BCUT2D eigenvalue weighted by molar-refractivity contribution is 0.0956. The summed E-state index contributed by atoms with van der Waals surface area (Å²) in [5.74, 6) is 0.501. The molecule has 1 amide bonds. The Labute approximate surface area is 195 Å². The van der Waals surface area contributed by atoms with Crippen molar-refractivity contribution in [2.75, 3.05) is 6.61 Å². The molecule has 2 heterocycles. The molecule has 0 aliphatic rings. The highest BCUT2D eigenvalue weighted by atomic mass is 35.5. The number of rotatable bonds is 6. The summed E-state index contributed by atoms with van der Waals surface area (Å²) in [4.78, 5) is 18.8. The first-order valence-electron chi connectivity index (χ1n) is 10.2. The Kier molecular flexibility index (Phi) is 6.53. The molecule has 2 aromatic heterocycles. The van der Waals surface area contributed by atoms with E-state index in [1.165, 1.54) is 11.3 Å². The molecule has 32 heavy (non-hydrogen) atoms. The van der Waals surface area contributed by atoms with Crippen molar-refractivity contribution in [1.82, 2.24) is 10.4 Å². The molecule has 7 heteroatoms. The third kappa shape index (κ3) is 4.82. The predicted molar refractivity (Wildman–Crippen MR) is 132 cm³/mol. The summed E-state index contributed by atoms with van der Waals surface area (Å²) in [6.07, 6.45) is 0. The number of thiophene rings is 1. The van der Waals surface area contributed by atoms with E-state index >= 15 is 0 Å². The Bertz CT molecular complexity index is 1310. The average Bonchev–Trinajstić information content (AvgIpc) is 3.23. The minimum Gasteiger partial charge on any atom is -0.494 e. The molecule has 0 saturated heterocycles. The Hall–Kier alpha value is -3.22. The smallest absolute Gasteiger partial charge is 0.272 e. The van der Waals surface area contributed by atoms with Crippen molar-refractivity contribution in [2.24, 2.45) is 5.10 Å². The summed E-state index contributed by atoms with van der Waals surface area (Å²) in [6.45, 7) is 6.38. The fourth-order valence-corrected chi connectivity index (χ4v) is 4.31. The maximum Gasteiger partial charge on any atom is 0.272 e. The van der Waals surface area contributed by atoms with E-state index in [4.69, 9.17) is 21.3 Å². The van der Waals surface area contributed by atoms with E-state index in [2.05, 4.69) is 10.5 Å². The van der Waals surface area contributed by atoms with Gasteiger partial charge in [0, 0.05) is 10.9 Å². The Morgan fingerprint density at radius 2 is 1.91 bits per heavy atom. The lowest BCUT2D eigenvalue weighted by Gasteiger charge is -2.11. The molecule has 0 spiro atoms. The molecule has 5 nitrogen and oxygen atoms in total. The molecule has 0 saturated carbocycles. The summed E-state index contributed by atoms with van der Waals surface area (Å²) in [5.41, 5.74) is 7.30. The molecule has 1 N–H and O–H groups in total. The molecule has 2 aromatic carbocycles. The van der Waals surface area contributed by atoms with Gasteiger partial charge in [-0.05, 0) is 75.4 Å². The van der Waals surface area contributed by atoms with Crippen LogP contribution in [0.25, 0.3) is 22.2 Å².